The van der Waals surface area contributed by atoms with E-state index in [0.29, 0.717) is 12.1 Å². The largest absolute Gasteiger partial charge is 0.494 e. The van der Waals surface area contributed by atoms with Crippen molar-refractivity contribution in [2.24, 2.45) is 0 Å². The molecule has 1 fully saturated rings. The normalized spacial score (nSPS) is 15.7. The number of carbonyl (C=O) groups is 1. The van der Waals surface area contributed by atoms with Crippen LogP contribution in [0, 0.1) is 6.92 Å². The number of likely N-dealkylation sites (tertiary alicyclic amines) is 1. The van der Waals surface area contributed by atoms with Crippen molar-refractivity contribution in [3.05, 3.63) is 65.2 Å². The molecule has 0 bridgehead atoms. The van der Waals surface area contributed by atoms with Crippen molar-refractivity contribution < 1.29 is 9.53 Å². The summed E-state index contributed by atoms with van der Waals surface area (Å²) in [6, 6.07) is 16.4. The number of amides is 1. The number of unbranched alkanes of at least 4 members (excludes halogenated alkanes) is 1. The average molecular weight is 395 g/mol. The van der Waals surface area contributed by atoms with Gasteiger partial charge in [-0.25, -0.2) is 0 Å². The standard InChI is InChI=1S/C25H34N2O2/c1-3-4-18-29-23-14-12-22(13-15-23)25(28)26-19-24(27-16-6-5-7-17-27)21-10-8-20(2)9-11-21/h8-15,24H,3-7,16-19H2,1-2H3,(H,26,28)/t24-/m1/s1. The summed E-state index contributed by atoms with van der Waals surface area (Å²) in [6.07, 6.45) is 5.92. The van der Waals surface area contributed by atoms with E-state index in [1.807, 2.05) is 24.3 Å². The third-order valence-electron chi connectivity index (χ3n) is 5.63. The molecule has 1 heterocycles. The maximum Gasteiger partial charge on any atom is 0.251 e. The molecule has 1 atom stereocenters. The number of benzene rings is 2. The first-order valence-corrected chi connectivity index (χ1v) is 11.0. The molecule has 1 amide bonds. The van der Waals surface area contributed by atoms with Crippen molar-refractivity contribution in [2.45, 2.75) is 52.0 Å². The van der Waals surface area contributed by atoms with Crippen LogP contribution in [0.15, 0.2) is 48.5 Å². The van der Waals surface area contributed by atoms with Gasteiger partial charge in [0.15, 0.2) is 0 Å². The minimum absolute atomic E-state index is 0.0285. The van der Waals surface area contributed by atoms with Crippen LogP contribution in [0.5, 0.6) is 5.75 Å². The molecule has 1 aliphatic rings. The van der Waals surface area contributed by atoms with Crippen LogP contribution >= 0.6 is 0 Å². The Labute approximate surface area is 175 Å². The molecule has 2 aromatic carbocycles. The van der Waals surface area contributed by atoms with Crippen LogP contribution in [0.3, 0.4) is 0 Å². The number of nitrogens with zero attached hydrogens (tertiary/aromatic N) is 1. The van der Waals surface area contributed by atoms with Crippen LogP contribution in [0.2, 0.25) is 0 Å². The Morgan fingerprint density at radius 2 is 1.72 bits per heavy atom. The van der Waals surface area contributed by atoms with Gasteiger partial charge in [-0.15, -0.1) is 0 Å². The molecular formula is C25H34N2O2. The molecule has 4 nitrogen and oxygen atoms in total. The van der Waals surface area contributed by atoms with Crippen molar-refractivity contribution in [1.29, 1.82) is 0 Å². The highest BCUT2D eigenvalue weighted by Gasteiger charge is 2.23. The summed E-state index contributed by atoms with van der Waals surface area (Å²) in [5, 5.41) is 3.16. The van der Waals surface area contributed by atoms with E-state index in [1.165, 1.54) is 30.4 Å². The van der Waals surface area contributed by atoms with E-state index in [0.717, 1.165) is 38.3 Å². The maximum atomic E-state index is 12.7. The third-order valence-corrected chi connectivity index (χ3v) is 5.63. The second-order valence-corrected chi connectivity index (χ2v) is 7.96. The van der Waals surface area contributed by atoms with Crippen LogP contribution in [-0.4, -0.2) is 37.0 Å². The first kappa shape index (κ1) is 21.4. The molecule has 0 saturated carbocycles. The third kappa shape index (κ3) is 6.33. The van der Waals surface area contributed by atoms with Crippen molar-refractivity contribution in [3.63, 3.8) is 0 Å². The minimum Gasteiger partial charge on any atom is -0.494 e. The summed E-state index contributed by atoms with van der Waals surface area (Å²) >= 11 is 0. The van der Waals surface area contributed by atoms with Crippen molar-refractivity contribution in [3.8, 4) is 5.75 Å². The molecule has 2 aromatic rings. The van der Waals surface area contributed by atoms with Gasteiger partial charge in [0.1, 0.15) is 5.75 Å². The predicted molar refractivity (Wildman–Crippen MR) is 119 cm³/mol. The minimum atomic E-state index is -0.0285. The van der Waals surface area contributed by atoms with Crippen LogP contribution in [0.25, 0.3) is 0 Å². The number of ether oxygens (including phenoxy) is 1. The summed E-state index contributed by atoms with van der Waals surface area (Å²) in [7, 11) is 0. The Hall–Kier alpha value is -2.33. The highest BCUT2D eigenvalue weighted by Crippen LogP contribution is 2.24. The fraction of sp³-hybridized carbons (Fsp3) is 0.480. The van der Waals surface area contributed by atoms with Gasteiger partial charge in [0, 0.05) is 12.1 Å². The van der Waals surface area contributed by atoms with Gasteiger partial charge >= 0.3 is 0 Å². The van der Waals surface area contributed by atoms with Crippen LogP contribution in [-0.2, 0) is 0 Å². The Morgan fingerprint density at radius 1 is 1.03 bits per heavy atom. The zero-order chi connectivity index (χ0) is 20.5. The fourth-order valence-corrected chi connectivity index (χ4v) is 3.80. The summed E-state index contributed by atoms with van der Waals surface area (Å²) in [5.41, 5.74) is 3.21. The Kier molecular flexibility index (Phi) is 8.12. The molecule has 0 aliphatic carbocycles. The smallest absolute Gasteiger partial charge is 0.251 e. The molecule has 0 aromatic heterocycles. The molecule has 1 N–H and O–H groups in total. The van der Waals surface area contributed by atoms with Gasteiger partial charge in [-0.3, -0.25) is 9.69 Å². The van der Waals surface area contributed by atoms with Gasteiger partial charge in [0.2, 0.25) is 0 Å². The van der Waals surface area contributed by atoms with Gasteiger partial charge in [0.05, 0.1) is 12.6 Å². The quantitative estimate of drug-likeness (QED) is 0.600. The van der Waals surface area contributed by atoms with E-state index in [2.05, 4.69) is 48.3 Å². The number of hydrogen-bond acceptors (Lipinski definition) is 3. The molecule has 0 radical (unpaired) electrons. The van der Waals surface area contributed by atoms with Crippen molar-refractivity contribution in [1.82, 2.24) is 10.2 Å². The zero-order valence-corrected chi connectivity index (χ0v) is 17.8. The highest BCUT2D eigenvalue weighted by atomic mass is 16.5. The molecule has 1 saturated heterocycles. The molecule has 29 heavy (non-hydrogen) atoms. The molecule has 1 aliphatic heterocycles. The van der Waals surface area contributed by atoms with Gasteiger partial charge in [-0.05, 0) is 69.1 Å². The van der Waals surface area contributed by atoms with Crippen molar-refractivity contribution >= 4 is 5.91 Å². The van der Waals surface area contributed by atoms with E-state index in [9.17, 15) is 4.79 Å². The molecule has 0 unspecified atom stereocenters. The Bertz CT molecular complexity index is 749. The van der Waals surface area contributed by atoms with Gasteiger partial charge < -0.3 is 10.1 Å². The van der Waals surface area contributed by atoms with Crippen LogP contribution < -0.4 is 10.1 Å². The Balaban J connectivity index is 1.62. The lowest BCUT2D eigenvalue weighted by atomic mass is 10.0. The van der Waals surface area contributed by atoms with E-state index in [1.54, 1.807) is 0 Å². The summed E-state index contributed by atoms with van der Waals surface area (Å²) in [5.74, 6) is 0.792. The topological polar surface area (TPSA) is 41.6 Å². The predicted octanol–water partition coefficient (Wildman–Crippen LogP) is 5.13. The zero-order valence-electron chi connectivity index (χ0n) is 17.8. The van der Waals surface area contributed by atoms with Crippen LogP contribution in [0.4, 0.5) is 0 Å². The monoisotopic (exact) mass is 394 g/mol. The number of piperidine rings is 1. The summed E-state index contributed by atoms with van der Waals surface area (Å²) < 4.78 is 5.69. The van der Waals surface area contributed by atoms with Gasteiger partial charge in [-0.2, -0.15) is 0 Å². The van der Waals surface area contributed by atoms with Crippen LogP contribution in [0.1, 0.15) is 66.6 Å². The Morgan fingerprint density at radius 3 is 2.38 bits per heavy atom. The number of rotatable bonds is 9. The molecule has 156 valence electrons. The van der Waals surface area contributed by atoms with E-state index in [4.69, 9.17) is 4.74 Å². The summed E-state index contributed by atoms with van der Waals surface area (Å²) in [6.45, 7) is 7.78. The first-order chi connectivity index (χ1) is 14.2. The van der Waals surface area contributed by atoms with E-state index >= 15 is 0 Å². The van der Waals surface area contributed by atoms with E-state index in [-0.39, 0.29) is 11.9 Å². The average Bonchev–Trinajstić information content (AvgIpc) is 2.76. The molecule has 0 spiro atoms. The lowest BCUT2D eigenvalue weighted by Gasteiger charge is -2.35. The SMILES string of the molecule is CCCCOc1ccc(C(=O)NC[C@H](c2ccc(C)cc2)N2CCCCC2)cc1. The second kappa shape index (κ2) is 11.0. The molecule has 4 heteroatoms. The number of carbonyl (C=O) groups excluding carboxylic acids is 1. The maximum absolute atomic E-state index is 12.7. The fourth-order valence-electron chi connectivity index (χ4n) is 3.80. The lowest BCUT2D eigenvalue weighted by molar-refractivity contribution is 0.0924. The first-order valence-electron chi connectivity index (χ1n) is 11.0. The van der Waals surface area contributed by atoms with Gasteiger partial charge in [-0.1, -0.05) is 49.6 Å². The number of hydrogen-bond donors (Lipinski definition) is 1. The number of nitrogens with one attached hydrogen (secondary N) is 1. The summed E-state index contributed by atoms with van der Waals surface area (Å²) in [4.78, 5) is 15.2. The number of aryl methyl sites for hydroxylation is 1. The molecule has 3 rings (SSSR count). The van der Waals surface area contributed by atoms with Gasteiger partial charge in [0.25, 0.3) is 5.91 Å². The molecular weight excluding hydrogens is 360 g/mol. The van der Waals surface area contributed by atoms with E-state index < -0.39 is 0 Å². The lowest BCUT2D eigenvalue weighted by Crippen LogP contribution is -2.40. The second-order valence-electron chi connectivity index (χ2n) is 7.96. The van der Waals surface area contributed by atoms with Crippen molar-refractivity contribution in [2.75, 3.05) is 26.2 Å². The highest BCUT2D eigenvalue weighted by molar-refractivity contribution is 5.94.